The number of carbonyl (C=O) groups is 1. The fourth-order valence-corrected chi connectivity index (χ4v) is 2.22. The van der Waals surface area contributed by atoms with Gasteiger partial charge in [0.15, 0.2) is 0 Å². The lowest BCUT2D eigenvalue weighted by Crippen LogP contribution is -2.24. The number of nitrogens with zero attached hydrogens (tertiary/aromatic N) is 1. The van der Waals surface area contributed by atoms with E-state index in [4.69, 9.17) is 5.73 Å². The molecule has 1 saturated heterocycles. The minimum atomic E-state index is 0.198. The Morgan fingerprint density at radius 2 is 2.07 bits per heavy atom. The van der Waals surface area contributed by atoms with Crippen LogP contribution in [0.2, 0.25) is 0 Å². The molecule has 0 saturated carbocycles. The van der Waals surface area contributed by atoms with Gasteiger partial charge in [-0.25, -0.2) is 0 Å². The van der Waals surface area contributed by atoms with Crippen LogP contribution in [0, 0.1) is 5.92 Å². The Morgan fingerprint density at radius 1 is 1.40 bits per heavy atom. The molecule has 0 aromatic heterocycles. The normalized spacial score (nSPS) is 21.0. The van der Waals surface area contributed by atoms with Crippen molar-refractivity contribution in [1.82, 2.24) is 0 Å². The number of hydrogen-bond donors (Lipinski definition) is 1. The summed E-state index contributed by atoms with van der Waals surface area (Å²) in [5.74, 6) is 0.624. The molecule has 1 fully saturated rings. The number of halogens is 1. The summed E-state index contributed by atoms with van der Waals surface area (Å²) in [4.78, 5) is 13.5. The molecule has 1 aliphatic rings. The van der Waals surface area contributed by atoms with E-state index in [0.29, 0.717) is 12.3 Å². The first-order chi connectivity index (χ1) is 7.20. The maximum atomic E-state index is 11.7. The van der Waals surface area contributed by atoms with E-state index in [0.717, 1.165) is 23.2 Å². The second-order valence-corrected chi connectivity index (χ2v) is 4.47. The van der Waals surface area contributed by atoms with Crippen LogP contribution in [0.25, 0.3) is 0 Å². The molecule has 1 aromatic rings. The molecule has 4 heteroatoms. The lowest BCUT2D eigenvalue weighted by molar-refractivity contribution is -0.117. The first-order valence-electron chi connectivity index (χ1n) is 4.92. The Kier molecular flexibility index (Phi) is 2.95. The van der Waals surface area contributed by atoms with Gasteiger partial charge in [-0.05, 0) is 30.2 Å². The van der Waals surface area contributed by atoms with E-state index in [2.05, 4.69) is 15.9 Å². The molecule has 1 heterocycles. The molecular weight excluding hydrogens is 256 g/mol. The zero-order valence-corrected chi connectivity index (χ0v) is 9.90. The molecule has 15 heavy (non-hydrogen) atoms. The molecule has 2 rings (SSSR count). The summed E-state index contributed by atoms with van der Waals surface area (Å²) in [7, 11) is 0. The van der Waals surface area contributed by atoms with Crippen LogP contribution in [0.3, 0.4) is 0 Å². The van der Waals surface area contributed by atoms with Gasteiger partial charge in [0.1, 0.15) is 0 Å². The van der Waals surface area contributed by atoms with Crippen LogP contribution in [0.4, 0.5) is 11.4 Å². The fourth-order valence-electron chi connectivity index (χ4n) is 1.79. The predicted octanol–water partition coefficient (Wildman–Crippen LogP) is 2.02. The number of amides is 1. The molecule has 0 radical (unpaired) electrons. The van der Waals surface area contributed by atoms with Crippen molar-refractivity contribution < 1.29 is 4.79 Å². The van der Waals surface area contributed by atoms with E-state index in [1.807, 2.05) is 29.2 Å². The highest BCUT2D eigenvalue weighted by Crippen LogP contribution is 2.26. The zero-order valence-electron chi connectivity index (χ0n) is 8.32. The molecular formula is C11H13BrN2O. The second-order valence-electron chi connectivity index (χ2n) is 3.82. The number of nitrogens with two attached hydrogens (primary N) is 1. The number of carbonyl (C=O) groups excluding carboxylic acids is 1. The van der Waals surface area contributed by atoms with Gasteiger partial charge >= 0.3 is 0 Å². The fraction of sp³-hybridized carbons (Fsp3) is 0.364. The van der Waals surface area contributed by atoms with Crippen LogP contribution in [-0.4, -0.2) is 17.8 Å². The van der Waals surface area contributed by atoms with E-state index in [-0.39, 0.29) is 5.91 Å². The van der Waals surface area contributed by atoms with E-state index in [1.165, 1.54) is 0 Å². The van der Waals surface area contributed by atoms with Crippen LogP contribution < -0.4 is 10.6 Å². The predicted molar refractivity (Wildman–Crippen MR) is 65.1 cm³/mol. The summed E-state index contributed by atoms with van der Waals surface area (Å²) in [6, 6.07) is 7.43. The van der Waals surface area contributed by atoms with Gasteiger partial charge in [-0.3, -0.25) is 4.79 Å². The van der Waals surface area contributed by atoms with Crippen LogP contribution in [0.1, 0.15) is 6.42 Å². The van der Waals surface area contributed by atoms with Gasteiger partial charge < -0.3 is 10.6 Å². The standard InChI is InChI=1S/C11H13BrN2O/c12-6-8-5-11(15)14(7-8)10-3-1-9(13)2-4-10/h1-4,8H,5-7,13H2. The summed E-state index contributed by atoms with van der Waals surface area (Å²) < 4.78 is 0. The minimum Gasteiger partial charge on any atom is -0.399 e. The average molecular weight is 269 g/mol. The van der Waals surface area contributed by atoms with E-state index in [9.17, 15) is 4.79 Å². The Bertz CT molecular complexity index is 363. The van der Waals surface area contributed by atoms with Crippen molar-refractivity contribution in [2.45, 2.75) is 6.42 Å². The summed E-state index contributed by atoms with van der Waals surface area (Å²) >= 11 is 3.42. The summed E-state index contributed by atoms with van der Waals surface area (Å²) in [5, 5.41) is 0.879. The van der Waals surface area contributed by atoms with E-state index < -0.39 is 0 Å². The minimum absolute atomic E-state index is 0.198. The highest BCUT2D eigenvalue weighted by molar-refractivity contribution is 9.09. The van der Waals surface area contributed by atoms with Crippen LogP contribution in [0.5, 0.6) is 0 Å². The first kappa shape index (κ1) is 10.5. The Balaban J connectivity index is 2.18. The van der Waals surface area contributed by atoms with E-state index >= 15 is 0 Å². The third kappa shape index (κ3) is 2.15. The topological polar surface area (TPSA) is 46.3 Å². The molecule has 1 aromatic carbocycles. The highest BCUT2D eigenvalue weighted by Gasteiger charge is 2.29. The van der Waals surface area contributed by atoms with Gasteiger partial charge in [0.25, 0.3) is 0 Å². The monoisotopic (exact) mass is 268 g/mol. The summed E-state index contributed by atoms with van der Waals surface area (Å²) in [5.41, 5.74) is 7.27. The Labute approximate surface area is 97.4 Å². The van der Waals surface area contributed by atoms with Gasteiger partial charge in [0.2, 0.25) is 5.91 Å². The Morgan fingerprint density at radius 3 is 2.60 bits per heavy atom. The number of nitrogen functional groups attached to an aromatic ring is 1. The largest absolute Gasteiger partial charge is 0.399 e. The van der Waals surface area contributed by atoms with Crippen molar-refractivity contribution in [1.29, 1.82) is 0 Å². The third-order valence-corrected chi connectivity index (χ3v) is 3.54. The number of benzene rings is 1. The molecule has 0 bridgehead atoms. The molecule has 1 atom stereocenters. The van der Waals surface area contributed by atoms with Crippen LogP contribution in [-0.2, 0) is 4.79 Å². The molecule has 2 N–H and O–H groups in total. The smallest absolute Gasteiger partial charge is 0.227 e. The molecule has 1 aliphatic heterocycles. The quantitative estimate of drug-likeness (QED) is 0.659. The lowest BCUT2D eigenvalue weighted by atomic mass is 10.2. The number of hydrogen-bond acceptors (Lipinski definition) is 2. The molecule has 0 spiro atoms. The second kappa shape index (κ2) is 4.23. The van der Waals surface area contributed by atoms with Gasteiger partial charge in [-0.15, -0.1) is 0 Å². The van der Waals surface area contributed by atoms with Crippen molar-refractivity contribution in [3.05, 3.63) is 24.3 Å². The highest BCUT2D eigenvalue weighted by atomic mass is 79.9. The SMILES string of the molecule is Nc1ccc(N2CC(CBr)CC2=O)cc1. The molecule has 80 valence electrons. The first-order valence-corrected chi connectivity index (χ1v) is 6.04. The number of rotatable bonds is 2. The van der Waals surface area contributed by atoms with Crippen molar-refractivity contribution in [2.24, 2.45) is 5.92 Å². The number of alkyl halides is 1. The Hall–Kier alpha value is -1.03. The maximum absolute atomic E-state index is 11.7. The van der Waals surface area contributed by atoms with E-state index in [1.54, 1.807) is 0 Å². The maximum Gasteiger partial charge on any atom is 0.227 e. The summed E-state index contributed by atoms with van der Waals surface area (Å²) in [6.07, 6.45) is 0.635. The van der Waals surface area contributed by atoms with Crippen molar-refractivity contribution in [3.8, 4) is 0 Å². The number of anilines is 2. The molecule has 3 nitrogen and oxygen atoms in total. The van der Waals surface area contributed by atoms with Crippen LogP contribution >= 0.6 is 15.9 Å². The zero-order chi connectivity index (χ0) is 10.8. The lowest BCUT2D eigenvalue weighted by Gasteiger charge is -2.16. The van der Waals surface area contributed by atoms with Gasteiger partial charge in [0, 0.05) is 29.7 Å². The third-order valence-electron chi connectivity index (χ3n) is 2.63. The van der Waals surface area contributed by atoms with Crippen molar-refractivity contribution >= 4 is 33.2 Å². The molecule has 0 aliphatic carbocycles. The average Bonchev–Trinajstić information content (AvgIpc) is 2.61. The van der Waals surface area contributed by atoms with Crippen molar-refractivity contribution in [3.63, 3.8) is 0 Å². The van der Waals surface area contributed by atoms with Gasteiger partial charge in [-0.1, -0.05) is 15.9 Å². The van der Waals surface area contributed by atoms with Gasteiger partial charge in [-0.2, -0.15) is 0 Å². The summed E-state index contributed by atoms with van der Waals surface area (Å²) in [6.45, 7) is 0.800. The van der Waals surface area contributed by atoms with Crippen LogP contribution in [0.15, 0.2) is 24.3 Å². The molecule has 1 amide bonds. The van der Waals surface area contributed by atoms with Crippen molar-refractivity contribution in [2.75, 3.05) is 22.5 Å². The van der Waals surface area contributed by atoms with Gasteiger partial charge in [0.05, 0.1) is 0 Å². The molecule has 1 unspecified atom stereocenters.